The van der Waals surface area contributed by atoms with Gasteiger partial charge in [0.1, 0.15) is 11.2 Å². The van der Waals surface area contributed by atoms with Gasteiger partial charge >= 0.3 is 0 Å². The number of nitrogens with one attached hydrogen (secondary N) is 1. The predicted molar refractivity (Wildman–Crippen MR) is 71.2 cm³/mol. The van der Waals surface area contributed by atoms with Gasteiger partial charge in [-0.15, -0.1) is 0 Å². The second-order valence-corrected chi connectivity index (χ2v) is 5.21. The Labute approximate surface area is 114 Å². The molecule has 0 aliphatic heterocycles. The van der Waals surface area contributed by atoms with Gasteiger partial charge in [-0.2, -0.15) is 5.26 Å². The number of ether oxygens (including phenoxy) is 1. The minimum Gasteiger partial charge on any atom is -0.495 e. The Morgan fingerprint density at radius 2 is 2.28 bits per heavy atom. The molecule has 0 radical (unpaired) electrons. The summed E-state index contributed by atoms with van der Waals surface area (Å²) in [5.41, 5.74) is -0.193. The molecule has 18 heavy (non-hydrogen) atoms. The summed E-state index contributed by atoms with van der Waals surface area (Å²) in [7, 11) is 1.56. The molecule has 1 aliphatic rings. The topological polar surface area (TPSA) is 62.1 Å². The summed E-state index contributed by atoms with van der Waals surface area (Å²) in [4.78, 5) is 12.0. The largest absolute Gasteiger partial charge is 0.495 e. The standard InChI is InChI=1S/C13H13BrN2O2/c1-18-11-7-9(3-4-10(11)14)16-12(17)13(8-15)5-2-6-13/h3-4,7H,2,5-6H2,1H3,(H,16,17). The van der Waals surface area contributed by atoms with Gasteiger partial charge in [-0.3, -0.25) is 4.79 Å². The minimum absolute atomic E-state index is 0.222. The van der Waals surface area contributed by atoms with Crippen LogP contribution in [0.15, 0.2) is 22.7 Å². The monoisotopic (exact) mass is 308 g/mol. The molecule has 0 unspecified atom stereocenters. The summed E-state index contributed by atoms with van der Waals surface area (Å²) >= 11 is 3.34. The number of amides is 1. The minimum atomic E-state index is -0.833. The van der Waals surface area contributed by atoms with Crippen molar-refractivity contribution in [1.29, 1.82) is 5.26 Å². The summed E-state index contributed by atoms with van der Waals surface area (Å²) in [5.74, 6) is 0.424. The van der Waals surface area contributed by atoms with E-state index < -0.39 is 5.41 Å². The molecule has 4 nitrogen and oxygen atoms in total. The Hall–Kier alpha value is -1.54. The molecule has 1 amide bonds. The van der Waals surface area contributed by atoms with Crippen molar-refractivity contribution in [2.75, 3.05) is 12.4 Å². The lowest BCUT2D eigenvalue weighted by atomic mass is 9.69. The molecule has 0 atom stereocenters. The van der Waals surface area contributed by atoms with Crippen molar-refractivity contribution >= 4 is 27.5 Å². The van der Waals surface area contributed by atoms with Crippen molar-refractivity contribution < 1.29 is 9.53 Å². The number of hydrogen-bond acceptors (Lipinski definition) is 3. The van der Waals surface area contributed by atoms with Gasteiger partial charge in [0.05, 0.1) is 17.7 Å². The summed E-state index contributed by atoms with van der Waals surface area (Å²) < 4.78 is 5.98. The van der Waals surface area contributed by atoms with Crippen molar-refractivity contribution in [1.82, 2.24) is 0 Å². The predicted octanol–water partition coefficient (Wildman–Crippen LogP) is 3.09. The van der Waals surface area contributed by atoms with Gasteiger partial charge in [-0.05, 0) is 47.3 Å². The lowest BCUT2D eigenvalue weighted by Gasteiger charge is -2.33. The first-order valence-corrected chi connectivity index (χ1v) is 6.47. The van der Waals surface area contributed by atoms with Crippen LogP contribution in [0.1, 0.15) is 19.3 Å². The van der Waals surface area contributed by atoms with Crippen LogP contribution in [0.3, 0.4) is 0 Å². The Balaban J connectivity index is 2.15. The molecule has 1 fully saturated rings. The molecular formula is C13H13BrN2O2. The van der Waals surface area contributed by atoms with Crippen LogP contribution >= 0.6 is 15.9 Å². The third kappa shape index (κ3) is 2.21. The van der Waals surface area contributed by atoms with E-state index in [-0.39, 0.29) is 5.91 Å². The van der Waals surface area contributed by atoms with Crippen molar-refractivity contribution in [2.24, 2.45) is 5.41 Å². The lowest BCUT2D eigenvalue weighted by Crippen LogP contribution is -2.40. The fourth-order valence-corrected chi connectivity index (χ4v) is 2.32. The van der Waals surface area contributed by atoms with E-state index in [2.05, 4.69) is 27.3 Å². The molecular weight excluding hydrogens is 296 g/mol. The van der Waals surface area contributed by atoms with E-state index in [4.69, 9.17) is 10.00 Å². The molecule has 94 valence electrons. The SMILES string of the molecule is COc1cc(NC(=O)C2(C#N)CCC2)ccc1Br. The fourth-order valence-electron chi connectivity index (χ4n) is 1.91. The molecule has 2 rings (SSSR count). The van der Waals surface area contributed by atoms with Gasteiger partial charge in [0, 0.05) is 11.8 Å². The third-order valence-electron chi connectivity index (χ3n) is 3.26. The Kier molecular flexibility index (Phi) is 3.58. The maximum atomic E-state index is 12.0. The highest BCUT2D eigenvalue weighted by Gasteiger charge is 2.44. The maximum Gasteiger partial charge on any atom is 0.244 e. The number of carbonyl (C=O) groups excluding carboxylic acids is 1. The molecule has 1 saturated carbocycles. The Morgan fingerprint density at radius 3 is 2.78 bits per heavy atom. The smallest absolute Gasteiger partial charge is 0.244 e. The molecule has 1 N–H and O–H groups in total. The highest BCUT2D eigenvalue weighted by molar-refractivity contribution is 9.10. The average molecular weight is 309 g/mol. The van der Waals surface area contributed by atoms with Crippen LogP contribution in [-0.4, -0.2) is 13.0 Å². The van der Waals surface area contributed by atoms with E-state index >= 15 is 0 Å². The molecule has 0 bridgehead atoms. The van der Waals surface area contributed by atoms with Crippen LogP contribution in [0.5, 0.6) is 5.75 Å². The quantitative estimate of drug-likeness (QED) is 0.933. The van der Waals surface area contributed by atoms with E-state index in [1.165, 1.54) is 0 Å². The number of nitriles is 1. The number of nitrogens with zero attached hydrogens (tertiary/aromatic N) is 1. The fraction of sp³-hybridized carbons (Fsp3) is 0.385. The molecule has 5 heteroatoms. The number of hydrogen-bond donors (Lipinski definition) is 1. The van der Waals surface area contributed by atoms with Gasteiger partial charge in [0.2, 0.25) is 5.91 Å². The van der Waals surface area contributed by atoms with E-state index in [1.54, 1.807) is 25.3 Å². The lowest BCUT2D eigenvalue weighted by molar-refractivity contribution is -0.126. The van der Waals surface area contributed by atoms with E-state index in [0.29, 0.717) is 24.3 Å². The Bertz CT molecular complexity index is 518. The molecule has 1 aromatic carbocycles. The number of anilines is 1. The maximum absolute atomic E-state index is 12.0. The Morgan fingerprint density at radius 1 is 1.56 bits per heavy atom. The molecule has 1 aromatic rings. The second-order valence-electron chi connectivity index (χ2n) is 4.35. The van der Waals surface area contributed by atoms with Crippen molar-refractivity contribution in [2.45, 2.75) is 19.3 Å². The van der Waals surface area contributed by atoms with Crippen LogP contribution in [0.2, 0.25) is 0 Å². The zero-order chi connectivity index (χ0) is 13.2. The molecule has 0 spiro atoms. The number of benzene rings is 1. The molecule has 0 saturated heterocycles. The van der Waals surface area contributed by atoms with Crippen LogP contribution in [0.25, 0.3) is 0 Å². The van der Waals surface area contributed by atoms with Crippen molar-refractivity contribution in [3.63, 3.8) is 0 Å². The first-order chi connectivity index (χ1) is 8.61. The van der Waals surface area contributed by atoms with Gasteiger partial charge in [0.25, 0.3) is 0 Å². The summed E-state index contributed by atoms with van der Waals surface area (Å²) in [6, 6.07) is 7.42. The average Bonchev–Trinajstić information content (AvgIpc) is 2.31. The molecule has 0 heterocycles. The normalized spacial score (nSPS) is 16.3. The van der Waals surface area contributed by atoms with E-state index in [0.717, 1.165) is 10.9 Å². The zero-order valence-electron chi connectivity index (χ0n) is 10.00. The van der Waals surface area contributed by atoms with Gasteiger partial charge < -0.3 is 10.1 Å². The first-order valence-electron chi connectivity index (χ1n) is 5.67. The number of halogens is 1. The number of carbonyl (C=O) groups is 1. The van der Waals surface area contributed by atoms with Gasteiger partial charge in [0.15, 0.2) is 0 Å². The summed E-state index contributed by atoms with van der Waals surface area (Å²) in [6.45, 7) is 0. The van der Waals surface area contributed by atoms with Crippen LogP contribution in [0, 0.1) is 16.7 Å². The van der Waals surface area contributed by atoms with E-state index in [9.17, 15) is 4.79 Å². The molecule has 1 aliphatic carbocycles. The first kappa shape index (κ1) is 12.9. The van der Waals surface area contributed by atoms with Crippen LogP contribution in [-0.2, 0) is 4.79 Å². The van der Waals surface area contributed by atoms with Crippen molar-refractivity contribution in [3.05, 3.63) is 22.7 Å². The second kappa shape index (κ2) is 4.99. The number of rotatable bonds is 3. The van der Waals surface area contributed by atoms with E-state index in [1.807, 2.05) is 0 Å². The molecule has 0 aromatic heterocycles. The number of methoxy groups -OCH3 is 1. The summed E-state index contributed by atoms with van der Waals surface area (Å²) in [6.07, 6.45) is 2.22. The van der Waals surface area contributed by atoms with Crippen LogP contribution in [0.4, 0.5) is 5.69 Å². The summed E-state index contributed by atoms with van der Waals surface area (Å²) in [5, 5.41) is 11.9. The van der Waals surface area contributed by atoms with Crippen molar-refractivity contribution in [3.8, 4) is 11.8 Å². The highest BCUT2D eigenvalue weighted by Crippen LogP contribution is 2.41. The van der Waals surface area contributed by atoms with Gasteiger partial charge in [-0.1, -0.05) is 0 Å². The third-order valence-corrected chi connectivity index (χ3v) is 3.92. The van der Waals surface area contributed by atoms with Gasteiger partial charge in [-0.25, -0.2) is 0 Å². The zero-order valence-corrected chi connectivity index (χ0v) is 11.6. The highest BCUT2D eigenvalue weighted by atomic mass is 79.9. The van der Waals surface area contributed by atoms with Crippen LogP contribution < -0.4 is 10.1 Å².